The first-order valence-corrected chi connectivity index (χ1v) is 6.75. The van der Waals surface area contributed by atoms with E-state index in [2.05, 4.69) is 5.32 Å². The molecular formula is C15H24N2O3. The van der Waals surface area contributed by atoms with Gasteiger partial charge in [0.25, 0.3) is 0 Å². The van der Waals surface area contributed by atoms with Crippen molar-refractivity contribution in [2.24, 2.45) is 5.73 Å². The first-order chi connectivity index (χ1) is 9.49. The van der Waals surface area contributed by atoms with Crippen molar-refractivity contribution in [2.75, 3.05) is 25.6 Å². The van der Waals surface area contributed by atoms with Gasteiger partial charge >= 0.3 is 0 Å². The molecule has 112 valence electrons. The summed E-state index contributed by atoms with van der Waals surface area (Å²) in [6.45, 7) is 5.21. The van der Waals surface area contributed by atoms with Crippen molar-refractivity contribution in [1.82, 2.24) is 0 Å². The van der Waals surface area contributed by atoms with E-state index in [0.29, 0.717) is 26.2 Å². The third kappa shape index (κ3) is 5.28. The predicted octanol–water partition coefficient (Wildman–Crippen LogP) is 1.92. The Labute approximate surface area is 120 Å². The molecule has 0 aliphatic rings. The topological polar surface area (TPSA) is 73.6 Å². The zero-order chi connectivity index (χ0) is 15.0. The highest BCUT2D eigenvalue weighted by Gasteiger charge is 2.25. The molecule has 0 fully saturated rings. The van der Waals surface area contributed by atoms with Crippen LogP contribution in [0.4, 0.5) is 5.69 Å². The van der Waals surface area contributed by atoms with Crippen LogP contribution in [0.15, 0.2) is 24.3 Å². The van der Waals surface area contributed by atoms with Crippen molar-refractivity contribution in [2.45, 2.75) is 32.4 Å². The van der Waals surface area contributed by atoms with E-state index in [1.165, 1.54) is 0 Å². The van der Waals surface area contributed by atoms with Gasteiger partial charge in [0.05, 0.1) is 25.4 Å². The molecule has 1 amide bonds. The molecule has 1 unspecified atom stereocenters. The molecule has 5 nitrogen and oxygen atoms in total. The molecule has 0 radical (unpaired) electrons. The summed E-state index contributed by atoms with van der Waals surface area (Å²) in [6.07, 6.45) is 0.582. The number of hydrogen-bond donors (Lipinski definition) is 2. The number of carbonyl (C=O) groups excluding carboxylic acids is 1. The van der Waals surface area contributed by atoms with Crippen molar-refractivity contribution in [3.8, 4) is 0 Å². The summed E-state index contributed by atoms with van der Waals surface area (Å²) in [6, 6.07) is 7.55. The van der Waals surface area contributed by atoms with Gasteiger partial charge in [-0.2, -0.15) is 0 Å². The number of anilines is 1. The van der Waals surface area contributed by atoms with Crippen LogP contribution in [0.1, 0.15) is 25.8 Å². The average molecular weight is 280 g/mol. The van der Waals surface area contributed by atoms with Crippen molar-refractivity contribution >= 4 is 11.6 Å². The summed E-state index contributed by atoms with van der Waals surface area (Å²) in [5, 5.41) is 2.83. The molecule has 1 aromatic carbocycles. The predicted molar refractivity (Wildman–Crippen MR) is 79.5 cm³/mol. The lowest BCUT2D eigenvalue weighted by molar-refractivity contribution is -0.120. The Kier molecular flexibility index (Phi) is 6.64. The fraction of sp³-hybridized carbons (Fsp3) is 0.533. The van der Waals surface area contributed by atoms with E-state index in [4.69, 9.17) is 15.2 Å². The average Bonchev–Trinajstić information content (AvgIpc) is 2.44. The Balaban J connectivity index is 2.57. The van der Waals surface area contributed by atoms with E-state index < -0.39 is 5.54 Å². The van der Waals surface area contributed by atoms with Gasteiger partial charge in [-0.1, -0.05) is 19.1 Å². The summed E-state index contributed by atoms with van der Waals surface area (Å²) in [5.74, 6) is -0.183. The summed E-state index contributed by atoms with van der Waals surface area (Å²) in [4.78, 5) is 12.0. The Bertz CT molecular complexity index is 433. The number of carbonyl (C=O) groups is 1. The lowest BCUT2D eigenvalue weighted by atomic mass is 9.99. The number of methoxy groups -OCH3 is 1. The van der Waals surface area contributed by atoms with Gasteiger partial charge in [0.15, 0.2) is 0 Å². The molecule has 1 atom stereocenters. The van der Waals surface area contributed by atoms with E-state index >= 15 is 0 Å². The molecule has 1 aromatic rings. The number of nitrogens with two attached hydrogens (primary N) is 1. The van der Waals surface area contributed by atoms with Gasteiger partial charge in [-0.25, -0.2) is 0 Å². The second-order valence-electron chi connectivity index (χ2n) is 4.97. The number of nitrogens with one attached hydrogen (secondary N) is 1. The molecule has 0 aliphatic carbocycles. The minimum absolute atomic E-state index is 0.183. The molecule has 0 saturated heterocycles. The van der Waals surface area contributed by atoms with Crippen LogP contribution in [-0.2, 0) is 20.9 Å². The third-order valence-corrected chi connectivity index (χ3v) is 3.14. The van der Waals surface area contributed by atoms with Gasteiger partial charge in [-0.3, -0.25) is 4.79 Å². The molecule has 0 aliphatic heterocycles. The third-order valence-electron chi connectivity index (χ3n) is 3.14. The first-order valence-electron chi connectivity index (χ1n) is 6.75. The first kappa shape index (κ1) is 16.6. The van der Waals surface area contributed by atoms with E-state index in [-0.39, 0.29) is 5.91 Å². The van der Waals surface area contributed by atoms with E-state index in [1.54, 1.807) is 14.0 Å². The fourth-order valence-corrected chi connectivity index (χ4v) is 1.51. The summed E-state index contributed by atoms with van der Waals surface area (Å²) >= 11 is 0. The Morgan fingerprint density at radius 3 is 2.80 bits per heavy atom. The minimum Gasteiger partial charge on any atom is -0.382 e. The van der Waals surface area contributed by atoms with Crippen molar-refractivity contribution < 1.29 is 14.3 Å². The van der Waals surface area contributed by atoms with Crippen LogP contribution in [0.5, 0.6) is 0 Å². The van der Waals surface area contributed by atoms with Gasteiger partial charge < -0.3 is 20.5 Å². The van der Waals surface area contributed by atoms with Crippen LogP contribution >= 0.6 is 0 Å². The van der Waals surface area contributed by atoms with Gasteiger partial charge in [-0.15, -0.1) is 0 Å². The van der Waals surface area contributed by atoms with E-state index in [9.17, 15) is 4.79 Å². The molecule has 0 saturated carbocycles. The normalized spacial score (nSPS) is 13.8. The van der Waals surface area contributed by atoms with Gasteiger partial charge in [0.1, 0.15) is 0 Å². The second kappa shape index (κ2) is 7.99. The largest absolute Gasteiger partial charge is 0.382 e. The van der Waals surface area contributed by atoms with E-state index in [1.807, 2.05) is 31.2 Å². The standard InChI is InChI=1S/C15H24N2O3/c1-4-15(2,16)14(18)17-13-7-5-6-12(10-13)11-20-9-8-19-3/h5-7,10H,4,8-9,11,16H2,1-3H3,(H,17,18). The highest BCUT2D eigenvalue weighted by atomic mass is 16.5. The lowest BCUT2D eigenvalue weighted by Crippen LogP contribution is -2.47. The van der Waals surface area contributed by atoms with Gasteiger partial charge in [0.2, 0.25) is 5.91 Å². The molecule has 1 rings (SSSR count). The maximum Gasteiger partial charge on any atom is 0.244 e. The highest BCUT2D eigenvalue weighted by molar-refractivity contribution is 5.97. The van der Waals surface area contributed by atoms with Crippen LogP contribution in [0.25, 0.3) is 0 Å². The quantitative estimate of drug-likeness (QED) is 0.713. The fourth-order valence-electron chi connectivity index (χ4n) is 1.51. The molecular weight excluding hydrogens is 256 g/mol. The lowest BCUT2D eigenvalue weighted by Gasteiger charge is -2.21. The van der Waals surface area contributed by atoms with E-state index in [0.717, 1.165) is 11.3 Å². The summed E-state index contributed by atoms with van der Waals surface area (Å²) in [5.41, 5.74) is 6.78. The molecule has 0 bridgehead atoms. The number of ether oxygens (including phenoxy) is 2. The van der Waals surface area contributed by atoms with Crippen molar-refractivity contribution in [3.63, 3.8) is 0 Å². The van der Waals surface area contributed by atoms with Crippen molar-refractivity contribution in [3.05, 3.63) is 29.8 Å². The molecule has 20 heavy (non-hydrogen) atoms. The van der Waals surface area contributed by atoms with Gasteiger partial charge in [-0.05, 0) is 31.0 Å². The summed E-state index contributed by atoms with van der Waals surface area (Å²) < 4.78 is 10.4. The molecule has 0 aromatic heterocycles. The molecule has 3 N–H and O–H groups in total. The minimum atomic E-state index is -0.856. The van der Waals surface area contributed by atoms with Crippen LogP contribution < -0.4 is 11.1 Å². The molecule has 0 heterocycles. The van der Waals surface area contributed by atoms with Gasteiger partial charge in [0, 0.05) is 12.8 Å². The molecule has 0 spiro atoms. The van der Waals surface area contributed by atoms with Crippen LogP contribution in [-0.4, -0.2) is 31.8 Å². The number of rotatable bonds is 8. The zero-order valence-electron chi connectivity index (χ0n) is 12.4. The Morgan fingerprint density at radius 1 is 1.40 bits per heavy atom. The monoisotopic (exact) mass is 280 g/mol. The number of amides is 1. The maximum absolute atomic E-state index is 12.0. The zero-order valence-corrected chi connectivity index (χ0v) is 12.4. The summed E-state index contributed by atoms with van der Waals surface area (Å²) in [7, 11) is 1.64. The van der Waals surface area contributed by atoms with Crippen LogP contribution in [0.3, 0.4) is 0 Å². The number of hydrogen-bond acceptors (Lipinski definition) is 4. The Morgan fingerprint density at radius 2 is 2.15 bits per heavy atom. The second-order valence-corrected chi connectivity index (χ2v) is 4.97. The maximum atomic E-state index is 12.0. The SMILES string of the molecule is CCC(C)(N)C(=O)Nc1cccc(COCCOC)c1. The van der Waals surface area contributed by atoms with Crippen molar-refractivity contribution in [1.29, 1.82) is 0 Å². The number of benzene rings is 1. The van der Waals surface area contributed by atoms with Crippen LogP contribution in [0, 0.1) is 0 Å². The molecule has 5 heteroatoms. The smallest absolute Gasteiger partial charge is 0.244 e. The Hall–Kier alpha value is -1.43. The highest BCUT2D eigenvalue weighted by Crippen LogP contribution is 2.14. The van der Waals surface area contributed by atoms with Crippen LogP contribution in [0.2, 0.25) is 0 Å².